The lowest BCUT2D eigenvalue weighted by atomic mass is 10.1. The molecule has 1 aliphatic heterocycles. The number of carboxylic acids is 1. The normalized spacial score (nSPS) is 14.3. The van der Waals surface area contributed by atoms with Gasteiger partial charge in [0.2, 0.25) is 0 Å². The van der Waals surface area contributed by atoms with E-state index in [0.717, 1.165) is 18.6 Å². The van der Waals surface area contributed by atoms with Crippen LogP contribution in [0.3, 0.4) is 0 Å². The molecule has 30 heavy (non-hydrogen) atoms. The Bertz CT molecular complexity index is 838. The van der Waals surface area contributed by atoms with Gasteiger partial charge in [0.15, 0.2) is 0 Å². The van der Waals surface area contributed by atoms with E-state index < -0.39 is 12.1 Å². The molecular formula is C20H21F3N2O5. The van der Waals surface area contributed by atoms with Gasteiger partial charge < -0.3 is 19.5 Å². The molecule has 1 N–H and O–H groups in total. The second kappa shape index (κ2) is 10.5. The first kappa shape index (κ1) is 23.0. The minimum absolute atomic E-state index is 0.0160. The standard InChI is InChI=1S/C18H20N2O3.C2HF3O2/c1-22-17-7-3-2-6-16(17)18(21)20-11-8-14(9-12-20)23-15-5-4-10-19-13-15;3-2(4,5)1(6)7/h2-7,10,13-14H,8-9,11-12H2,1H3;(H,6,7). The van der Waals surface area contributed by atoms with Crippen LogP contribution >= 0.6 is 0 Å². The Kier molecular flexibility index (Phi) is 8.02. The summed E-state index contributed by atoms with van der Waals surface area (Å²) in [6.45, 7) is 1.36. The Labute approximate surface area is 171 Å². The summed E-state index contributed by atoms with van der Waals surface area (Å²) in [5.41, 5.74) is 0.613. The van der Waals surface area contributed by atoms with Crippen molar-refractivity contribution in [3.05, 3.63) is 54.4 Å². The van der Waals surface area contributed by atoms with Gasteiger partial charge in [0.05, 0.1) is 18.9 Å². The van der Waals surface area contributed by atoms with Crippen LogP contribution in [0, 0.1) is 0 Å². The van der Waals surface area contributed by atoms with Crippen molar-refractivity contribution < 1.29 is 37.3 Å². The maximum atomic E-state index is 12.6. The number of nitrogens with zero attached hydrogens (tertiary/aromatic N) is 2. The highest BCUT2D eigenvalue weighted by molar-refractivity contribution is 5.97. The van der Waals surface area contributed by atoms with E-state index in [-0.39, 0.29) is 12.0 Å². The van der Waals surface area contributed by atoms with Crippen LogP contribution in [0.15, 0.2) is 48.8 Å². The summed E-state index contributed by atoms with van der Waals surface area (Å²) in [6.07, 6.45) is 0.111. The van der Waals surface area contributed by atoms with Crippen LogP contribution in [0.25, 0.3) is 0 Å². The molecule has 1 amide bonds. The zero-order valence-corrected chi connectivity index (χ0v) is 16.1. The number of carboxylic acid groups (broad SMARTS) is 1. The fraction of sp³-hybridized carbons (Fsp3) is 0.350. The van der Waals surface area contributed by atoms with Crippen molar-refractivity contribution in [3.8, 4) is 11.5 Å². The Balaban J connectivity index is 0.000000396. The maximum Gasteiger partial charge on any atom is 0.490 e. The summed E-state index contributed by atoms with van der Waals surface area (Å²) in [7, 11) is 1.58. The van der Waals surface area contributed by atoms with Gasteiger partial charge in [-0.05, 0) is 24.3 Å². The lowest BCUT2D eigenvalue weighted by molar-refractivity contribution is -0.192. The van der Waals surface area contributed by atoms with Crippen LogP contribution in [-0.4, -0.2) is 59.3 Å². The second-order valence-corrected chi connectivity index (χ2v) is 6.30. The quantitative estimate of drug-likeness (QED) is 0.806. The number of alkyl halides is 3. The number of methoxy groups -OCH3 is 1. The zero-order chi connectivity index (χ0) is 22.1. The summed E-state index contributed by atoms with van der Waals surface area (Å²) in [5.74, 6) is -1.34. The van der Waals surface area contributed by atoms with Gasteiger partial charge in [-0.2, -0.15) is 13.2 Å². The zero-order valence-electron chi connectivity index (χ0n) is 16.1. The minimum atomic E-state index is -5.08. The summed E-state index contributed by atoms with van der Waals surface area (Å²) in [5, 5.41) is 7.12. The second-order valence-electron chi connectivity index (χ2n) is 6.30. The highest BCUT2D eigenvalue weighted by Gasteiger charge is 2.38. The van der Waals surface area contributed by atoms with E-state index in [0.29, 0.717) is 24.4 Å². The van der Waals surface area contributed by atoms with Gasteiger partial charge in [-0.3, -0.25) is 9.78 Å². The van der Waals surface area contributed by atoms with Crippen LogP contribution in [0.5, 0.6) is 11.5 Å². The van der Waals surface area contributed by atoms with Gasteiger partial charge in [-0.15, -0.1) is 0 Å². The van der Waals surface area contributed by atoms with E-state index in [1.165, 1.54) is 0 Å². The molecular weight excluding hydrogens is 405 g/mol. The maximum absolute atomic E-state index is 12.6. The highest BCUT2D eigenvalue weighted by atomic mass is 19.4. The third-order valence-electron chi connectivity index (χ3n) is 4.25. The highest BCUT2D eigenvalue weighted by Crippen LogP contribution is 2.23. The molecule has 1 aliphatic rings. The van der Waals surface area contributed by atoms with Crippen molar-refractivity contribution in [2.45, 2.75) is 25.1 Å². The summed E-state index contributed by atoms with van der Waals surface area (Å²) >= 11 is 0. The number of hydrogen-bond acceptors (Lipinski definition) is 5. The first-order valence-electron chi connectivity index (χ1n) is 9.01. The van der Waals surface area contributed by atoms with Crippen LogP contribution in [0.1, 0.15) is 23.2 Å². The number of para-hydroxylation sites is 1. The third kappa shape index (κ3) is 6.64. The SMILES string of the molecule is COc1ccccc1C(=O)N1CCC(Oc2cccnc2)CC1.O=C(O)C(F)(F)F. The number of benzene rings is 1. The molecule has 2 heterocycles. The fourth-order valence-corrected chi connectivity index (χ4v) is 2.78. The van der Waals surface area contributed by atoms with Crippen LogP contribution in [0.4, 0.5) is 13.2 Å². The lowest BCUT2D eigenvalue weighted by Gasteiger charge is -2.32. The molecule has 0 atom stereocenters. The summed E-state index contributed by atoms with van der Waals surface area (Å²) < 4.78 is 42.9. The Morgan fingerprint density at radius 2 is 1.77 bits per heavy atom. The Morgan fingerprint density at radius 1 is 1.13 bits per heavy atom. The molecule has 1 aromatic carbocycles. The molecule has 0 aliphatic carbocycles. The van der Waals surface area contributed by atoms with E-state index >= 15 is 0 Å². The third-order valence-corrected chi connectivity index (χ3v) is 4.25. The molecule has 0 unspecified atom stereocenters. The average molecular weight is 426 g/mol. The van der Waals surface area contributed by atoms with E-state index in [9.17, 15) is 18.0 Å². The average Bonchev–Trinajstić information content (AvgIpc) is 2.74. The van der Waals surface area contributed by atoms with E-state index in [1.807, 2.05) is 35.2 Å². The predicted octanol–water partition coefficient (Wildman–Crippen LogP) is 3.41. The molecule has 0 radical (unpaired) electrons. The fourth-order valence-electron chi connectivity index (χ4n) is 2.78. The van der Waals surface area contributed by atoms with Gasteiger partial charge in [0.25, 0.3) is 5.91 Å². The molecule has 1 fully saturated rings. The number of aromatic nitrogens is 1. The first-order chi connectivity index (χ1) is 14.2. The van der Waals surface area contributed by atoms with Crippen LogP contribution < -0.4 is 9.47 Å². The van der Waals surface area contributed by atoms with Crippen molar-refractivity contribution in [1.82, 2.24) is 9.88 Å². The summed E-state index contributed by atoms with van der Waals surface area (Å²) in [4.78, 5) is 27.4. The topological polar surface area (TPSA) is 89.0 Å². The molecule has 10 heteroatoms. The number of pyridine rings is 1. The predicted molar refractivity (Wildman–Crippen MR) is 100 cm³/mol. The van der Waals surface area contributed by atoms with Crippen molar-refractivity contribution in [2.75, 3.05) is 20.2 Å². The van der Waals surface area contributed by atoms with Crippen LogP contribution in [-0.2, 0) is 4.79 Å². The molecule has 162 valence electrons. The monoisotopic (exact) mass is 426 g/mol. The lowest BCUT2D eigenvalue weighted by Crippen LogP contribution is -2.41. The molecule has 0 spiro atoms. The van der Waals surface area contributed by atoms with Gasteiger partial charge in [-0.1, -0.05) is 12.1 Å². The first-order valence-corrected chi connectivity index (χ1v) is 9.01. The van der Waals surface area contributed by atoms with Crippen molar-refractivity contribution in [3.63, 3.8) is 0 Å². The number of carbonyl (C=O) groups excluding carboxylic acids is 1. The van der Waals surface area contributed by atoms with Crippen molar-refractivity contribution in [2.24, 2.45) is 0 Å². The smallest absolute Gasteiger partial charge is 0.490 e. The number of amides is 1. The van der Waals surface area contributed by atoms with E-state index in [1.54, 1.807) is 25.6 Å². The number of halogens is 3. The number of carbonyl (C=O) groups is 2. The molecule has 0 bridgehead atoms. The van der Waals surface area contributed by atoms with Crippen molar-refractivity contribution >= 4 is 11.9 Å². The molecule has 1 aromatic heterocycles. The Morgan fingerprint density at radius 3 is 2.30 bits per heavy atom. The van der Waals surface area contributed by atoms with Crippen LogP contribution in [0.2, 0.25) is 0 Å². The number of aliphatic carboxylic acids is 1. The summed E-state index contributed by atoms with van der Waals surface area (Å²) in [6, 6.07) is 11.1. The molecule has 2 aromatic rings. The molecule has 3 rings (SSSR count). The van der Waals surface area contributed by atoms with Gasteiger partial charge in [-0.25, -0.2) is 4.79 Å². The van der Waals surface area contributed by atoms with Gasteiger partial charge in [0, 0.05) is 32.1 Å². The minimum Gasteiger partial charge on any atom is -0.496 e. The molecule has 1 saturated heterocycles. The number of rotatable bonds is 4. The van der Waals surface area contributed by atoms with Crippen molar-refractivity contribution in [1.29, 1.82) is 0 Å². The number of ether oxygens (including phenoxy) is 2. The van der Waals surface area contributed by atoms with Gasteiger partial charge in [0.1, 0.15) is 17.6 Å². The Hall–Kier alpha value is -3.30. The van der Waals surface area contributed by atoms with Gasteiger partial charge >= 0.3 is 12.1 Å². The van der Waals surface area contributed by atoms with E-state index in [2.05, 4.69) is 4.98 Å². The van der Waals surface area contributed by atoms with E-state index in [4.69, 9.17) is 19.4 Å². The number of likely N-dealkylation sites (tertiary alicyclic amines) is 1. The largest absolute Gasteiger partial charge is 0.496 e. The molecule has 7 nitrogen and oxygen atoms in total. The molecule has 0 saturated carbocycles. The number of hydrogen-bond donors (Lipinski definition) is 1. The number of piperidine rings is 1.